The Morgan fingerprint density at radius 2 is 2.10 bits per heavy atom. The highest BCUT2D eigenvalue weighted by Crippen LogP contribution is 2.26. The summed E-state index contributed by atoms with van der Waals surface area (Å²) in [6, 6.07) is 0. The van der Waals surface area contributed by atoms with Crippen molar-refractivity contribution in [2.45, 2.75) is 45.3 Å². The molecule has 0 atom stereocenters. The number of imidazole rings is 1. The molecule has 4 rings (SSSR count). The minimum absolute atomic E-state index is 0.711. The zero-order valence-corrected chi connectivity index (χ0v) is 12.4. The number of fused-ring (bicyclic) bond motifs is 1. The van der Waals surface area contributed by atoms with Gasteiger partial charge in [0.25, 0.3) is 0 Å². The lowest BCUT2D eigenvalue weighted by Crippen LogP contribution is -2.36. The molecular formula is C15H22N6. The van der Waals surface area contributed by atoms with Gasteiger partial charge in [0.2, 0.25) is 0 Å². The minimum Gasteiger partial charge on any atom is -0.332 e. The van der Waals surface area contributed by atoms with Crippen LogP contribution in [-0.2, 0) is 19.6 Å². The summed E-state index contributed by atoms with van der Waals surface area (Å²) in [6.07, 6.45) is 11.2. The minimum atomic E-state index is 0.711. The van der Waals surface area contributed by atoms with Crippen LogP contribution >= 0.6 is 0 Å². The van der Waals surface area contributed by atoms with Crippen LogP contribution in [-0.4, -0.2) is 42.3 Å². The van der Waals surface area contributed by atoms with E-state index in [2.05, 4.69) is 25.7 Å². The maximum Gasteiger partial charge on any atom is 0.137 e. The van der Waals surface area contributed by atoms with Crippen molar-refractivity contribution in [3.8, 4) is 0 Å². The molecule has 0 unspecified atom stereocenters. The average Bonchev–Trinajstić information content (AvgIpc) is 3.19. The molecule has 0 aromatic carbocycles. The Kier molecular flexibility index (Phi) is 3.47. The molecule has 3 heterocycles. The van der Waals surface area contributed by atoms with Gasteiger partial charge >= 0.3 is 0 Å². The molecule has 21 heavy (non-hydrogen) atoms. The Balaban J connectivity index is 1.41. The highest BCUT2D eigenvalue weighted by molar-refractivity contribution is 5.06. The molecule has 0 saturated heterocycles. The maximum atomic E-state index is 4.78. The summed E-state index contributed by atoms with van der Waals surface area (Å²) in [4.78, 5) is 11.3. The number of aromatic nitrogens is 5. The van der Waals surface area contributed by atoms with Gasteiger partial charge in [-0.1, -0.05) is 12.8 Å². The largest absolute Gasteiger partial charge is 0.332 e. The monoisotopic (exact) mass is 286 g/mol. The van der Waals surface area contributed by atoms with E-state index in [1.54, 1.807) is 12.7 Å². The summed E-state index contributed by atoms with van der Waals surface area (Å²) < 4.78 is 4.13. The van der Waals surface area contributed by atoms with E-state index in [0.29, 0.717) is 6.54 Å². The van der Waals surface area contributed by atoms with Crippen LogP contribution in [0.4, 0.5) is 0 Å². The first kappa shape index (κ1) is 13.0. The van der Waals surface area contributed by atoms with Gasteiger partial charge in [0.1, 0.15) is 18.5 Å². The molecule has 1 aliphatic carbocycles. The normalized spacial score (nSPS) is 20.0. The summed E-state index contributed by atoms with van der Waals surface area (Å²) in [5, 5.41) is 4.15. The molecule has 1 fully saturated rings. The van der Waals surface area contributed by atoms with Gasteiger partial charge in [0, 0.05) is 25.8 Å². The predicted molar refractivity (Wildman–Crippen MR) is 78.6 cm³/mol. The van der Waals surface area contributed by atoms with Gasteiger partial charge in [-0.05, 0) is 18.8 Å². The lowest BCUT2D eigenvalue weighted by atomic mass is 10.1. The van der Waals surface area contributed by atoms with Crippen molar-refractivity contribution in [1.29, 1.82) is 0 Å². The lowest BCUT2D eigenvalue weighted by molar-refractivity contribution is 0.186. The van der Waals surface area contributed by atoms with E-state index in [0.717, 1.165) is 31.2 Å². The molecule has 112 valence electrons. The van der Waals surface area contributed by atoms with E-state index in [4.69, 9.17) is 4.98 Å². The summed E-state index contributed by atoms with van der Waals surface area (Å²) in [5.74, 6) is 2.12. The van der Waals surface area contributed by atoms with Crippen molar-refractivity contribution in [3.05, 3.63) is 30.4 Å². The second kappa shape index (κ2) is 5.60. The third-order valence-corrected chi connectivity index (χ3v) is 4.71. The first-order valence-electron chi connectivity index (χ1n) is 7.96. The second-order valence-corrected chi connectivity index (χ2v) is 6.32. The van der Waals surface area contributed by atoms with Crippen LogP contribution < -0.4 is 0 Å². The Hall–Kier alpha value is -1.69. The van der Waals surface area contributed by atoms with Gasteiger partial charge in [-0.15, -0.1) is 0 Å². The molecule has 2 aromatic heterocycles. The quantitative estimate of drug-likeness (QED) is 0.855. The fraction of sp³-hybridized carbons (Fsp3) is 0.667. The third kappa shape index (κ3) is 2.85. The second-order valence-electron chi connectivity index (χ2n) is 6.32. The van der Waals surface area contributed by atoms with Crippen LogP contribution in [0.1, 0.15) is 37.2 Å². The maximum absolute atomic E-state index is 4.78. The number of nitrogens with zero attached hydrogens (tertiary/aromatic N) is 6. The van der Waals surface area contributed by atoms with Gasteiger partial charge in [-0.3, -0.25) is 4.90 Å². The molecule has 2 aliphatic rings. The van der Waals surface area contributed by atoms with Gasteiger partial charge in [-0.25, -0.2) is 14.6 Å². The number of hydrogen-bond acceptors (Lipinski definition) is 4. The number of rotatable bonds is 4. The van der Waals surface area contributed by atoms with Crippen molar-refractivity contribution in [3.63, 3.8) is 0 Å². The van der Waals surface area contributed by atoms with Crippen molar-refractivity contribution in [2.75, 3.05) is 13.1 Å². The topological polar surface area (TPSA) is 51.8 Å². The molecule has 0 amide bonds. The fourth-order valence-electron chi connectivity index (χ4n) is 3.63. The highest BCUT2D eigenvalue weighted by atomic mass is 15.3. The summed E-state index contributed by atoms with van der Waals surface area (Å²) in [6.45, 7) is 5.18. The van der Waals surface area contributed by atoms with Crippen LogP contribution in [0, 0.1) is 5.92 Å². The Morgan fingerprint density at radius 3 is 2.90 bits per heavy atom. The molecule has 6 nitrogen and oxygen atoms in total. The van der Waals surface area contributed by atoms with Crippen molar-refractivity contribution >= 4 is 0 Å². The molecule has 0 bridgehead atoms. The van der Waals surface area contributed by atoms with Crippen molar-refractivity contribution < 1.29 is 0 Å². The Morgan fingerprint density at radius 1 is 1.19 bits per heavy atom. The van der Waals surface area contributed by atoms with E-state index in [1.807, 2.05) is 4.68 Å². The SMILES string of the molecule is c1ncn(Cc2cn3c(n2)CN(CC2CCCC2)CC3)n1. The highest BCUT2D eigenvalue weighted by Gasteiger charge is 2.23. The summed E-state index contributed by atoms with van der Waals surface area (Å²) >= 11 is 0. The van der Waals surface area contributed by atoms with Gasteiger partial charge in [0.15, 0.2) is 0 Å². The van der Waals surface area contributed by atoms with Crippen LogP contribution in [0.25, 0.3) is 0 Å². The predicted octanol–water partition coefficient (Wildman–Crippen LogP) is 1.53. The molecule has 0 spiro atoms. The molecule has 1 aliphatic heterocycles. The summed E-state index contributed by atoms with van der Waals surface area (Å²) in [7, 11) is 0. The molecule has 6 heteroatoms. The first-order valence-corrected chi connectivity index (χ1v) is 7.96. The Bertz CT molecular complexity index is 581. The van der Waals surface area contributed by atoms with E-state index in [9.17, 15) is 0 Å². The zero-order valence-electron chi connectivity index (χ0n) is 12.4. The van der Waals surface area contributed by atoms with Crippen LogP contribution in [0.5, 0.6) is 0 Å². The van der Waals surface area contributed by atoms with E-state index in [1.165, 1.54) is 38.1 Å². The van der Waals surface area contributed by atoms with Gasteiger partial charge < -0.3 is 4.57 Å². The van der Waals surface area contributed by atoms with E-state index in [-0.39, 0.29) is 0 Å². The van der Waals surface area contributed by atoms with Crippen LogP contribution in [0.15, 0.2) is 18.9 Å². The standard InChI is InChI=1S/C15H22N6/c1-2-4-13(3-1)7-19-5-6-20-8-14(18-15(20)10-19)9-21-12-16-11-17-21/h8,11-13H,1-7,9-10H2. The molecule has 2 aromatic rings. The van der Waals surface area contributed by atoms with Crippen molar-refractivity contribution in [1.82, 2.24) is 29.2 Å². The van der Waals surface area contributed by atoms with Crippen LogP contribution in [0.2, 0.25) is 0 Å². The van der Waals surface area contributed by atoms with E-state index >= 15 is 0 Å². The molecule has 1 saturated carbocycles. The van der Waals surface area contributed by atoms with E-state index < -0.39 is 0 Å². The van der Waals surface area contributed by atoms with Gasteiger partial charge in [-0.2, -0.15) is 5.10 Å². The fourth-order valence-corrected chi connectivity index (χ4v) is 3.63. The third-order valence-electron chi connectivity index (χ3n) is 4.71. The zero-order chi connectivity index (χ0) is 14.1. The Labute approximate surface area is 124 Å². The molecular weight excluding hydrogens is 264 g/mol. The van der Waals surface area contributed by atoms with Crippen molar-refractivity contribution in [2.24, 2.45) is 5.92 Å². The molecule has 0 N–H and O–H groups in total. The molecule has 0 radical (unpaired) electrons. The number of hydrogen-bond donors (Lipinski definition) is 0. The smallest absolute Gasteiger partial charge is 0.137 e. The van der Waals surface area contributed by atoms with Crippen LogP contribution in [0.3, 0.4) is 0 Å². The lowest BCUT2D eigenvalue weighted by Gasteiger charge is -2.29. The summed E-state index contributed by atoms with van der Waals surface area (Å²) in [5.41, 5.74) is 1.08. The first-order chi connectivity index (χ1) is 10.4. The average molecular weight is 286 g/mol. The van der Waals surface area contributed by atoms with Gasteiger partial charge in [0.05, 0.1) is 18.8 Å².